The number of benzene rings is 2. The number of rotatable bonds is 7. The fourth-order valence-electron chi connectivity index (χ4n) is 2.73. The zero-order valence-electron chi connectivity index (χ0n) is 15.5. The highest BCUT2D eigenvalue weighted by Crippen LogP contribution is 2.18. The van der Waals surface area contributed by atoms with Gasteiger partial charge >= 0.3 is 5.97 Å². The van der Waals surface area contributed by atoms with Crippen LogP contribution < -0.4 is 10.1 Å². The number of halogens is 1. The van der Waals surface area contributed by atoms with Gasteiger partial charge in [-0.15, -0.1) is 0 Å². The van der Waals surface area contributed by atoms with E-state index in [0.29, 0.717) is 12.4 Å². The molecule has 0 spiro atoms. The molecule has 0 radical (unpaired) electrons. The molecule has 2 aromatic rings. The Morgan fingerprint density at radius 3 is 2.64 bits per heavy atom. The molecule has 1 amide bonds. The molecule has 28 heavy (non-hydrogen) atoms. The van der Waals surface area contributed by atoms with Gasteiger partial charge in [0.25, 0.3) is 5.91 Å². The minimum absolute atomic E-state index is 0.0307. The van der Waals surface area contributed by atoms with Crippen LogP contribution in [0.5, 0.6) is 5.75 Å². The summed E-state index contributed by atoms with van der Waals surface area (Å²) in [6.45, 7) is 2.66. The predicted molar refractivity (Wildman–Crippen MR) is 101 cm³/mol. The SMILES string of the molecule is C[C@@H](OC(=O)c1ccc(OC[C@@H]2CCCO2)cc1)C(=O)Nc1ccccc1F. The van der Waals surface area contributed by atoms with Gasteiger partial charge in [-0.2, -0.15) is 0 Å². The van der Waals surface area contributed by atoms with Crippen LogP contribution in [-0.4, -0.2) is 37.3 Å². The van der Waals surface area contributed by atoms with Crippen LogP contribution in [0, 0.1) is 5.82 Å². The Kier molecular flexibility index (Phi) is 6.60. The summed E-state index contributed by atoms with van der Waals surface area (Å²) in [5.41, 5.74) is 0.318. The Morgan fingerprint density at radius 2 is 1.96 bits per heavy atom. The molecular weight excluding hydrogens is 365 g/mol. The molecule has 0 saturated carbocycles. The third-order valence-electron chi connectivity index (χ3n) is 4.33. The van der Waals surface area contributed by atoms with Gasteiger partial charge in [0.1, 0.15) is 18.2 Å². The van der Waals surface area contributed by atoms with Crippen molar-refractivity contribution in [1.29, 1.82) is 0 Å². The van der Waals surface area contributed by atoms with E-state index < -0.39 is 23.8 Å². The van der Waals surface area contributed by atoms with E-state index in [2.05, 4.69) is 5.32 Å². The van der Waals surface area contributed by atoms with Gasteiger partial charge < -0.3 is 19.5 Å². The maximum absolute atomic E-state index is 13.6. The van der Waals surface area contributed by atoms with Crippen LogP contribution in [0.1, 0.15) is 30.1 Å². The summed E-state index contributed by atoms with van der Waals surface area (Å²) in [5.74, 6) is -1.21. The Morgan fingerprint density at radius 1 is 1.21 bits per heavy atom. The van der Waals surface area contributed by atoms with Crippen molar-refractivity contribution in [1.82, 2.24) is 0 Å². The highest BCUT2D eigenvalue weighted by atomic mass is 19.1. The number of ether oxygens (including phenoxy) is 3. The molecule has 0 aromatic heterocycles. The lowest BCUT2D eigenvalue weighted by molar-refractivity contribution is -0.123. The van der Waals surface area contributed by atoms with Crippen molar-refractivity contribution in [3.05, 3.63) is 59.9 Å². The number of amides is 1. The number of hydrogen-bond acceptors (Lipinski definition) is 5. The first kappa shape index (κ1) is 19.8. The molecule has 0 bridgehead atoms. The van der Waals surface area contributed by atoms with Crippen LogP contribution >= 0.6 is 0 Å². The highest BCUT2D eigenvalue weighted by molar-refractivity contribution is 5.97. The zero-order chi connectivity index (χ0) is 19.9. The van der Waals surface area contributed by atoms with Crippen molar-refractivity contribution in [2.24, 2.45) is 0 Å². The summed E-state index contributed by atoms with van der Waals surface area (Å²) in [6.07, 6.45) is 1.06. The van der Waals surface area contributed by atoms with Crippen LogP contribution in [0.2, 0.25) is 0 Å². The molecule has 3 rings (SSSR count). The Labute approximate surface area is 162 Å². The van der Waals surface area contributed by atoms with Gasteiger partial charge in [0.2, 0.25) is 0 Å². The smallest absolute Gasteiger partial charge is 0.338 e. The first-order chi connectivity index (χ1) is 13.5. The molecule has 1 N–H and O–H groups in total. The highest BCUT2D eigenvalue weighted by Gasteiger charge is 2.20. The number of hydrogen-bond donors (Lipinski definition) is 1. The van der Waals surface area contributed by atoms with Gasteiger partial charge in [0.15, 0.2) is 6.10 Å². The molecule has 0 aliphatic carbocycles. The topological polar surface area (TPSA) is 73.9 Å². The lowest BCUT2D eigenvalue weighted by Gasteiger charge is -2.14. The Hall–Kier alpha value is -2.93. The largest absolute Gasteiger partial charge is 0.491 e. The van der Waals surface area contributed by atoms with E-state index >= 15 is 0 Å². The predicted octanol–water partition coefficient (Wildman–Crippen LogP) is 3.57. The molecule has 1 saturated heterocycles. The second-order valence-corrected chi connectivity index (χ2v) is 6.49. The van der Waals surface area contributed by atoms with E-state index in [1.54, 1.807) is 30.3 Å². The number of anilines is 1. The zero-order valence-corrected chi connectivity index (χ0v) is 15.5. The summed E-state index contributed by atoms with van der Waals surface area (Å²) < 4.78 is 29.9. The standard InChI is InChI=1S/C21H22FNO5/c1-14(20(24)23-19-7-3-2-6-18(19)22)28-21(25)15-8-10-16(11-9-15)27-13-17-5-4-12-26-17/h2-3,6-11,14,17H,4-5,12-13H2,1H3,(H,23,24)/t14-,17+/m1/s1. The van der Waals surface area contributed by atoms with Crippen molar-refractivity contribution < 1.29 is 28.2 Å². The maximum Gasteiger partial charge on any atom is 0.338 e. The van der Waals surface area contributed by atoms with Crippen LogP contribution in [-0.2, 0) is 14.3 Å². The fourth-order valence-corrected chi connectivity index (χ4v) is 2.73. The summed E-state index contributed by atoms with van der Waals surface area (Å²) in [7, 11) is 0. The molecule has 7 heteroatoms. The maximum atomic E-state index is 13.6. The van der Waals surface area contributed by atoms with Crippen LogP contribution in [0.15, 0.2) is 48.5 Å². The molecule has 148 valence electrons. The van der Waals surface area contributed by atoms with Gasteiger partial charge in [-0.3, -0.25) is 4.79 Å². The fraction of sp³-hybridized carbons (Fsp3) is 0.333. The number of carbonyl (C=O) groups excluding carboxylic acids is 2. The average molecular weight is 387 g/mol. The third kappa shape index (κ3) is 5.29. The van der Waals surface area contributed by atoms with Crippen molar-refractivity contribution in [2.75, 3.05) is 18.5 Å². The van der Waals surface area contributed by atoms with E-state index in [1.807, 2.05) is 0 Å². The summed E-state index contributed by atoms with van der Waals surface area (Å²) in [5, 5.41) is 2.40. The molecule has 1 aliphatic heterocycles. The molecule has 0 unspecified atom stereocenters. The third-order valence-corrected chi connectivity index (χ3v) is 4.33. The minimum Gasteiger partial charge on any atom is -0.491 e. The lowest BCUT2D eigenvalue weighted by atomic mass is 10.2. The van der Waals surface area contributed by atoms with E-state index in [4.69, 9.17) is 14.2 Å². The summed E-state index contributed by atoms with van der Waals surface area (Å²) in [4.78, 5) is 24.3. The number of carbonyl (C=O) groups is 2. The van der Waals surface area contributed by atoms with Crippen molar-refractivity contribution >= 4 is 17.6 Å². The quantitative estimate of drug-likeness (QED) is 0.736. The summed E-state index contributed by atoms with van der Waals surface area (Å²) >= 11 is 0. The van der Waals surface area contributed by atoms with Gasteiger partial charge in [-0.25, -0.2) is 9.18 Å². The van der Waals surface area contributed by atoms with E-state index in [1.165, 1.54) is 25.1 Å². The molecule has 1 heterocycles. The number of para-hydroxylation sites is 1. The van der Waals surface area contributed by atoms with Crippen molar-refractivity contribution in [2.45, 2.75) is 32.0 Å². The van der Waals surface area contributed by atoms with Crippen LogP contribution in [0.4, 0.5) is 10.1 Å². The molecular formula is C21H22FNO5. The number of esters is 1. The van der Waals surface area contributed by atoms with Crippen molar-refractivity contribution in [3.63, 3.8) is 0 Å². The molecule has 1 fully saturated rings. The van der Waals surface area contributed by atoms with Gasteiger partial charge in [-0.05, 0) is 56.2 Å². The van der Waals surface area contributed by atoms with Crippen LogP contribution in [0.3, 0.4) is 0 Å². The van der Waals surface area contributed by atoms with Gasteiger partial charge in [0, 0.05) is 6.61 Å². The average Bonchev–Trinajstić information content (AvgIpc) is 3.22. The number of nitrogens with one attached hydrogen (secondary N) is 1. The molecule has 2 atom stereocenters. The van der Waals surface area contributed by atoms with E-state index in [0.717, 1.165) is 19.4 Å². The minimum atomic E-state index is -1.08. The Bertz CT molecular complexity index is 818. The second kappa shape index (κ2) is 9.32. The molecule has 6 nitrogen and oxygen atoms in total. The second-order valence-electron chi connectivity index (χ2n) is 6.49. The summed E-state index contributed by atoms with van der Waals surface area (Å²) in [6, 6.07) is 12.2. The first-order valence-corrected chi connectivity index (χ1v) is 9.14. The first-order valence-electron chi connectivity index (χ1n) is 9.14. The normalized spacial score (nSPS) is 17.0. The van der Waals surface area contributed by atoms with Crippen LogP contribution in [0.25, 0.3) is 0 Å². The van der Waals surface area contributed by atoms with Crippen molar-refractivity contribution in [3.8, 4) is 5.75 Å². The Balaban J connectivity index is 1.50. The van der Waals surface area contributed by atoms with Gasteiger partial charge in [0.05, 0.1) is 17.4 Å². The monoisotopic (exact) mass is 387 g/mol. The lowest BCUT2D eigenvalue weighted by Crippen LogP contribution is -2.30. The van der Waals surface area contributed by atoms with Gasteiger partial charge in [-0.1, -0.05) is 12.1 Å². The molecule has 2 aromatic carbocycles. The molecule has 1 aliphatic rings. The van der Waals surface area contributed by atoms with E-state index in [-0.39, 0.29) is 17.4 Å². The van der Waals surface area contributed by atoms with E-state index in [9.17, 15) is 14.0 Å².